The Bertz CT molecular complexity index is 786. The summed E-state index contributed by atoms with van der Waals surface area (Å²) in [5.74, 6) is -0.268. The zero-order valence-electron chi connectivity index (χ0n) is 12.9. The molecule has 1 fully saturated rings. The first kappa shape index (κ1) is 15.2. The minimum absolute atomic E-state index is 0.00729. The number of nitriles is 1. The SMILES string of the molecule is CC(=O)c1ccc(C#N)c(NCC2(c3ccc(F)cc3)CC2)c1. The van der Waals surface area contributed by atoms with Gasteiger partial charge in [-0.15, -0.1) is 0 Å². The van der Waals surface area contributed by atoms with Crippen molar-refractivity contribution in [1.82, 2.24) is 0 Å². The Morgan fingerprint density at radius 2 is 1.96 bits per heavy atom. The van der Waals surface area contributed by atoms with Crippen molar-refractivity contribution >= 4 is 11.5 Å². The fourth-order valence-corrected chi connectivity index (χ4v) is 2.79. The molecule has 0 unspecified atom stereocenters. The van der Waals surface area contributed by atoms with E-state index in [1.165, 1.54) is 19.1 Å². The van der Waals surface area contributed by atoms with Crippen molar-refractivity contribution in [1.29, 1.82) is 5.26 Å². The van der Waals surface area contributed by atoms with Crippen LogP contribution in [-0.2, 0) is 5.41 Å². The second-order valence-corrected chi connectivity index (χ2v) is 6.07. The van der Waals surface area contributed by atoms with Crippen LogP contribution in [0.25, 0.3) is 0 Å². The van der Waals surface area contributed by atoms with Crippen molar-refractivity contribution in [2.45, 2.75) is 25.2 Å². The van der Waals surface area contributed by atoms with E-state index in [2.05, 4.69) is 11.4 Å². The summed E-state index contributed by atoms with van der Waals surface area (Å²) in [6.45, 7) is 2.17. The van der Waals surface area contributed by atoms with Gasteiger partial charge in [0.15, 0.2) is 5.78 Å². The number of hydrogen-bond donors (Lipinski definition) is 1. The summed E-state index contributed by atoms with van der Waals surface area (Å²) in [6.07, 6.45) is 2.06. The fraction of sp³-hybridized carbons (Fsp3) is 0.263. The largest absolute Gasteiger partial charge is 0.383 e. The van der Waals surface area contributed by atoms with Crippen LogP contribution in [0, 0.1) is 17.1 Å². The van der Waals surface area contributed by atoms with Crippen LogP contribution in [0.15, 0.2) is 42.5 Å². The van der Waals surface area contributed by atoms with Gasteiger partial charge < -0.3 is 5.32 Å². The lowest BCUT2D eigenvalue weighted by molar-refractivity contribution is 0.101. The van der Waals surface area contributed by atoms with Gasteiger partial charge in [-0.05, 0) is 55.7 Å². The number of halogens is 1. The zero-order chi connectivity index (χ0) is 16.4. The van der Waals surface area contributed by atoms with Gasteiger partial charge >= 0.3 is 0 Å². The van der Waals surface area contributed by atoms with Gasteiger partial charge in [0.1, 0.15) is 11.9 Å². The van der Waals surface area contributed by atoms with E-state index < -0.39 is 0 Å². The number of carbonyl (C=O) groups is 1. The van der Waals surface area contributed by atoms with Crippen molar-refractivity contribution in [3.8, 4) is 6.07 Å². The summed E-state index contributed by atoms with van der Waals surface area (Å²) < 4.78 is 13.1. The molecular weight excluding hydrogens is 291 g/mol. The minimum Gasteiger partial charge on any atom is -0.383 e. The monoisotopic (exact) mass is 308 g/mol. The van der Waals surface area contributed by atoms with Gasteiger partial charge in [-0.2, -0.15) is 5.26 Å². The molecule has 3 nitrogen and oxygen atoms in total. The number of nitrogens with zero attached hydrogens (tertiary/aromatic N) is 1. The van der Waals surface area contributed by atoms with Crippen LogP contribution in [-0.4, -0.2) is 12.3 Å². The second-order valence-electron chi connectivity index (χ2n) is 6.07. The summed E-state index contributed by atoms with van der Waals surface area (Å²) in [5, 5.41) is 12.5. The topological polar surface area (TPSA) is 52.9 Å². The van der Waals surface area contributed by atoms with Crippen molar-refractivity contribution in [2.24, 2.45) is 0 Å². The first-order valence-corrected chi connectivity index (χ1v) is 7.59. The third-order valence-electron chi connectivity index (χ3n) is 4.47. The molecule has 0 radical (unpaired) electrons. The standard InChI is InChI=1S/C19H17FN2O/c1-13(23)14-2-3-15(11-21)18(10-14)22-12-19(8-9-19)16-4-6-17(20)7-5-16/h2-7,10,22H,8-9,12H2,1H3. The quantitative estimate of drug-likeness (QED) is 0.848. The predicted octanol–water partition coefficient (Wildman–Crippen LogP) is 4.04. The molecule has 116 valence electrons. The van der Waals surface area contributed by atoms with Gasteiger partial charge in [0, 0.05) is 17.5 Å². The van der Waals surface area contributed by atoms with Crippen LogP contribution in [0.1, 0.15) is 41.3 Å². The number of nitrogens with one attached hydrogen (secondary N) is 1. The molecule has 0 spiro atoms. The van der Waals surface area contributed by atoms with Crippen LogP contribution in [0.3, 0.4) is 0 Å². The lowest BCUT2D eigenvalue weighted by atomic mass is 9.95. The molecule has 3 rings (SSSR count). The number of benzene rings is 2. The van der Waals surface area contributed by atoms with E-state index in [0.717, 1.165) is 18.4 Å². The van der Waals surface area contributed by atoms with Gasteiger partial charge in [0.05, 0.1) is 11.3 Å². The van der Waals surface area contributed by atoms with E-state index in [4.69, 9.17) is 0 Å². The third-order valence-corrected chi connectivity index (χ3v) is 4.47. The number of carbonyl (C=O) groups excluding carboxylic acids is 1. The molecular formula is C19H17FN2O. The number of Topliss-reactive ketones (excluding diaryl/α,β-unsaturated/α-hetero) is 1. The summed E-state index contributed by atoms with van der Waals surface area (Å²) in [5.41, 5.74) is 2.87. The molecule has 0 heterocycles. The molecule has 2 aromatic carbocycles. The molecule has 4 heteroatoms. The Kier molecular flexibility index (Phi) is 3.87. The van der Waals surface area contributed by atoms with Crippen molar-refractivity contribution < 1.29 is 9.18 Å². The average Bonchev–Trinajstić information content (AvgIpc) is 3.34. The maximum absolute atomic E-state index is 13.1. The Hall–Kier alpha value is -2.67. The number of hydrogen-bond acceptors (Lipinski definition) is 3. The summed E-state index contributed by atoms with van der Waals surface area (Å²) in [6, 6.07) is 13.8. The molecule has 2 aromatic rings. The summed E-state index contributed by atoms with van der Waals surface area (Å²) in [7, 11) is 0. The van der Waals surface area contributed by atoms with E-state index in [0.29, 0.717) is 23.4 Å². The predicted molar refractivity (Wildman–Crippen MR) is 87.0 cm³/mol. The molecule has 23 heavy (non-hydrogen) atoms. The smallest absolute Gasteiger partial charge is 0.159 e. The molecule has 1 aliphatic rings. The van der Waals surface area contributed by atoms with Crippen LogP contribution in [0.2, 0.25) is 0 Å². The van der Waals surface area contributed by atoms with Crippen LogP contribution < -0.4 is 5.32 Å². The lowest BCUT2D eigenvalue weighted by Gasteiger charge is -2.18. The third kappa shape index (κ3) is 3.09. The molecule has 1 saturated carbocycles. The van der Waals surface area contributed by atoms with Gasteiger partial charge in [-0.1, -0.05) is 12.1 Å². The molecule has 0 aliphatic heterocycles. The highest BCUT2D eigenvalue weighted by atomic mass is 19.1. The highest BCUT2D eigenvalue weighted by Gasteiger charge is 2.44. The van der Waals surface area contributed by atoms with Crippen molar-refractivity contribution in [3.63, 3.8) is 0 Å². The molecule has 1 aliphatic carbocycles. The highest BCUT2D eigenvalue weighted by molar-refractivity contribution is 5.95. The van der Waals surface area contributed by atoms with E-state index >= 15 is 0 Å². The first-order chi connectivity index (χ1) is 11.0. The number of anilines is 1. The average molecular weight is 308 g/mol. The number of ketones is 1. The Morgan fingerprint density at radius 1 is 1.26 bits per heavy atom. The lowest BCUT2D eigenvalue weighted by Crippen LogP contribution is -2.20. The first-order valence-electron chi connectivity index (χ1n) is 7.59. The second kappa shape index (κ2) is 5.85. The van der Waals surface area contributed by atoms with Crippen LogP contribution in [0.4, 0.5) is 10.1 Å². The summed E-state index contributed by atoms with van der Waals surface area (Å²) in [4.78, 5) is 11.5. The Balaban J connectivity index is 1.80. The van der Waals surface area contributed by atoms with E-state index in [-0.39, 0.29) is 17.0 Å². The Morgan fingerprint density at radius 3 is 2.52 bits per heavy atom. The molecule has 0 aromatic heterocycles. The molecule has 0 atom stereocenters. The minimum atomic E-state index is -0.238. The van der Waals surface area contributed by atoms with Crippen LogP contribution >= 0.6 is 0 Å². The normalized spacial score (nSPS) is 14.8. The summed E-state index contributed by atoms with van der Waals surface area (Å²) >= 11 is 0. The van der Waals surface area contributed by atoms with E-state index in [1.807, 2.05) is 12.1 Å². The molecule has 0 saturated heterocycles. The van der Waals surface area contributed by atoms with E-state index in [9.17, 15) is 14.4 Å². The van der Waals surface area contributed by atoms with Crippen LogP contribution in [0.5, 0.6) is 0 Å². The van der Waals surface area contributed by atoms with Gasteiger partial charge in [0.2, 0.25) is 0 Å². The van der Waals surface area contributed by atoms with Crippen molar-refractivity contribution in [3.05, 3.63) is 65.0 Å². The Labute approximate surface area is 134 Å². The van der Waals surface area contributed by atoms with Gasteiger partial charge in [-0.25, -0.2) is 4.39 Å². The highest BCUT2D eigenvalue weighted by Crippen LogP contribution is 2.48. The zero-order valence-corrected chi connectivity index (χ0v) is 12.9. The van der Waals surface area contributed by atoms with Gasteiger partial charge in [-0.3, -0.25) is 4.79 Å². The maximum Gasteiger partial charge on any atom is 0.159 e. The van der Waals surface area contributed by atoms with Gasteiger partial charge in [0.25, 0.3) is 0 Å². The molecule has 1 N–H and O–H groups in total. The fourth-order valence-electron chi connectivity index (χ4n) is 2.79. The number of rotatable bonds is 5. The van der Waals surface area contributed by atoms with Crippen molar-refractivity contribution in [2.75, 3.05) is 11.9 Å². The van der Waals surface area contributed by atoms with E-state index in [1.54, 1.807) is 18.2 Å². The molecule has 0 amide bonds. The maximum atomic E-state index is 13.1. The molecule has 0 bridgehead atoms.